The summed E-state index contributed by atoms with van der Waals surface area (Å²) in [7, 11) is 1.61. The highest BCUT2D eigenvalue weighted by Crippen LogP contribution is 2.31. The van der Waals surface area contributed by atoms with Crippen molar-refractivity contribution >= 4 is 17.5 Å². The lowest BCUT2D eigenvalue weighted by Gasteiger charge is -2.15. The van der Waals surface area contributed by atoms with Gasteiger partial charge in [-0.15, -0.1) is 0 Å². The van der Waals surface area contributed by atoms with Crippen LogP contribution < -0.4 is 9.64 Å². The number of rotatable bonds is 5. The van der Waals surface area contributed by atoms with E-state index in [2.05, 4.69) is 21.0 Å². The van der Waals surface area contributed by atoms with Gasteiger partial charge in [0, 0.05) is 48.7 Å². The number of benzene rings is 1. The Bertz CT molecular complexity index is 966. The average molecular weight is 427 g/mol. The Kier molecular flexibility index (Phi) is 7.60. The van der Waals surface area contributed by atoms with E-state index in [1.807, 2.05) is 55.4 Å². The van der Waals surface area contributed by atoms with Gasteiger partial charge in [-0.2, -0.15) is 0 Å². The Labute approximate surface area is 182 Å². The Hall–Kier alpha value is -2.70. The second-order valence-corrected chi connectivity index (χ2v) is 7.30. The molecule has 6 nitrogen and oxygen atoms in total. The van der Waals surface area contributed by atoms with Gasteiger partial charge in [0.1, 0.15) is 0 Å². The van der Waals surface area contributed by atoms with E-state index in [0.717, 1.165) is 35.2 Å². The summed E-state index contributed by atoms with van der Waals surface area (Å²) in [6.07, 6.45) is 6.59. The Morgan fingerprint density at radius 1 is 1.10 bits per heavy atom. The first-order valence-corrected chi connectivity index (χ1v) is 10.5. The van der Waals surface area contributed by atoms with Crippen LogP contribution in [0.1, 0.15) is 31.4 Å². The number of aliphatic hydroxyl groups is 1. The zero-order valence-corrected chi connectivity index (χ0v) is 18.3. The van der Waals surface area contributed by atoms with Gasteiger partial charge < -0.3 is 14.7 Å². The van der Waals surface area contributed by atoms with Crippen molar-refractivity contribution in [1.29, 1.82) is 0 Å². The lowest BCUT2D eigenvalue weighted by molar-refractivity contribution is 0.198. The molecule has 1 aliphatic heterocycles. The first kappa shape index (κ1) is 22.0. The predicted molar refractivity (Wildman–Crippen MR) is 120 cm³/mol. The molecule has 4 rings (SSSR count). The molecule has 1 aliphatic rings. The van der Waals surface area contributed by atoms with Crippen molar-refractivity contribution in [3.63, 3.8) is 0 Å². The fraction of sp³-hybridized carbons (Fsp3) is 0.348. The smallest absolute Gasteiger partial charge is 0.225 e. The lowest BCUT2D eigenvalue weighted by Crippen LogP contribution is -2.23. The monoisotopic (exact) mass is 426 g/mol. The molecule has 3 heterocycles. The Morgan fingerprint density at radius 2 is 1.83 bits per heavy atom. The molecule has 2 aromatic heterocycles. The van der Waals surface area contributed by atoms with Gasteiger partial charge in [0.05, 0.1) is 13.2 Å². The molecule has 0 radical (unpaired) electrons. The van der Waals surface area contributed by atoms with Crippen LogP contribution in [0.3, 0.4) is 0 Å². The van der Waals surface area contributed by atoms with Crippen LogP contribution in [0, 0.1) is 0 Å². The van der Waals surface area contributed by atoms with Crippen LogP contribution in [0.15, 0.2) is 48.9 Å². The van der Waals surface area contributed by atoms with Crippen LogP contribution in [0.5, 0.6) is 5.88 Å². The van der Waals surface area contributed by atoms with Crippen molar-refractivity contribution in [2.24, 2.45) is 0 Å². The van der Waals surface area contributed by atoms with Crippen molar-refractivity contribution in [2.45, 2.75) is 32.8 Å². The Morgan fingerprint density at radius 3 is 2.47 bits per heavy atom. The number of halogens is 1. The fourth-order valence-electron chi connectivity index (χ4n) is 3.38. The summed E-state index contributed by atoms with van der Waals surface area (Å²) in [5.74, 6) is 1.22. The number of anilines is 1. The molecule has 158 valence electrons. The third-order valence-electron chi connectivity index (χ3n) is 4.78. The topological polar surface area (TPSA) is 71.4 Å². The molecule has 7 heteroatoms. The maximum absolute atomic E-state index is 9.67. The first-order valence-electron chi connectivity index (χ1n) is 10.1. The predicted octanol–water partition coefficient (Wildman–Crippen LogP) is 4.39. The van der Waals surface area contributed by atoms with Gasteiger partial charge in [0.15, 0.2) is 0 Å². The number of β-amino-alcohol motifs (C(OH)–C–C–N with tert-alkyl or cyclic N) is 1. The van der Waals surface area contributed by atoms with Crippen LogP contribution in [0.25, 0.3) is 11.1 Å². The van der Waals surface area contributed by atoms with Crippen molar-refractivity contribution in [2.75, 3.05) is 25.1 Å². The standard InChI is InChI=1S/C21H21ClN4O2.C2H6/c1-28-20-19(16-3-2-4-17(22)9-16)8-14(10-23-20)7-15-11-24-21(25-12-15)26-6-5-18(27)13-26;1-2/h2-4,8-12,18,27H,5-7,13H2,1H3;1-2H3. The first-order chi connectivity index (χ1) is 14.6. The maximum Gasteiger partial charge on any atom is 0.225 e. The minimum absolute atomic E-state index is 0.293. The van der Waals surface area contributed by atoms with Crippen LogP contribution in [-0.2, 0) is 6.42 Å². The van der Waals surface area contributed by atoms with Gasteiger partial charge in [-0.05, 0) is 41.3 Å². The van der Waals surface area contributed by atoms with Crippen molar-refractivity contribution in [3.8, 4) is 17.0 Å². The largest absolute Gasteiger partial charge is 0.481 e. The fourth-order valence-corrected chi connectivity index (χ4v) is 3.57. The summed E-state index contributed by atoms with van der Waals surface area (Å²) in [4.78, 5) is 15.4. The van der Waals surface area contributed by atoms with Crippen LogP contribution in [0.4, 0.5) is 5.95 Å². The van der Waals surface area contributed by atoms with Gasteiger partial charge in [-0.3, -0.25) is 0 Å². The summed E-state index contributed by atoms with van der Waals surface area (Å²) in [5, 5.41) is 10.3. The summed E-state index contributed by atoms with van der Waals surface area (Å²) in [5.41, 5.74) is 3.88. The number of aromatic nitrogens is 3. The van der Waals surface area contributed by atoms with E-state index in [1.165, 1.54) is 0 Å². The minimum atomic E-state index is -0.293. The molecule has 3 aromatic rings. The van der Waals surface area contributed by atoms with Crippen LogP contribution in [0.2, 0.25) is 5.02 Å². The van der Waals surface area contributed by atoms with Crippen molar-refractivity contribution in [1.82, 2.24) is 15.0 Å². The molecule has 1 N–H and O–H groups in total. The zero-order chi connectivity index (χ0) is 21.5. The van der Waals surface area contributed by atoms with Crippen LogP contribution >= 0.6 is 11.6 Å². The minimum Gasteiger partial charge on any atom is -0.481 e. The maximum atomic E-state index is 9.67. The van der Waals surface area contributed by atoms with Crippen LogP contribution in [-0.4, -0.2) is 46.4 Å². The number of hydrogen-bond donors (Lipinski definition) is 1. The van der Waals surface area contributed by atoms with E-state index >= 15 is 0 Å². The number of pyridine rings is 1. The van der Waals surface area contributed by atoms with Gasteiger partial charge in [-0.25, -0.2) is 15.0 Å². The molecule has 30 heavy (non-hydrogen) atoms. The molecular formula is C23H27ClN4O2. The molecule has 1 atom stereocenters. The quantitative estimate of drug-likeness (QED) is 0.652. The van der Waals surface area contributed by atoms with Gasteiger partial charge in [0.2, 0.25) is 11.8 Å². The van der Waals surface area contributed by atoms with Gasteiger partial charge in [-0.1, -0.05) is 37.6 Å². The molecule has 0 bridgehead atoms. The number of hydrogen-bond acceptors (Lipinski definition) is 6. The normalized spacial score (nSPS) is 15.5. The SMILES string of the molecule is CC.COc1ncc(Cc2cnc(N3CCC(O)C3)nc2)cc1-c1cccc(Cl)c1. The molecule has 1 aromatic carbocycles. The molecule has 1 unspecified atom stereocenters. The second-order valence-electron chi connectivity index (χ2n) is 6.87. The molecule has 0 spiro atoms. The van der Waals surface area contributed by atoms with E-state index in [1.54, 1.807) is 13.3 Å². The third-order valence-corrected chi connectivity index (χ3v) is 5.02. The van der Waals surface area contributed by atoms with Crippen molar-refractivity contribution in [3.05, 3.63) is 65.1 Å². The molecular weight excluding hydrogens is 400 g/mol. The number of methoxy groups -OCH3 is 1. The summed E-state index contributed by atoms with van der Waals surface area (Å²) < 4.78 is 5.42. The van der Waals surface area contributed by atoms with E-state index in [0.29, 0.717) is 29.8 Å². The number of ether oxygens (including phenoxy) is 1. The number of nitrogens with zero attached hydrogens (tertiary/aromatic N) is 4. The lowest BCUT2D eigenvalue weighted by atomic mass is 10.0. The van der Waals surface area contributed by atoms with E-state index in [-0.39, 0.29) is 6.10 Å². The highest BCUT2D eigenvalue weighted by Gasteiger charge is 2.22. The zero-order valence-electron chi connectivity index (χ0n) is 17.5. The Balaban J connectivity index is 0.00000124. The molecule has 0 aliphatic carbocycles. The second kappa shape index (κ2) is 10.4. The van der Waals surface area contributed by atoms with E-state index in [9.17, 15) is 5.11 Å². The number of aliphatic hydroxyl groups excluding tert-OH is 1. The summed E-state index contributed by atoms with van der Waals surface area (Å²) in [6, 6.07) is 9.69. The summed E-state index contributed by atoms with van der Waals surface area (Å²) >= 11 is 6.14. The van der Waals surface area contributed by atoms with E-state index < -0.39 is 0 Å². The summed E-state index contributed by atoms with van der Waals surface area (Å²) in [6.45, 7) is 5.37. The molecule has 1 fully saturated rings. The van der Waals surface area contributed by atoms with Gasteiger partial charge >= 0.3 is 0 Å². The highest BCUT2D eigenvalue weighted by atomic mass is 35.5. The van der Waals surface area contributed by atoms with Crippen molar-refractivity contribution < 1.29 is 9.84 Å². The van der Waals surface area contributed by atoms with Gasteiger partial charge in [0.25, 0.3) is 0 Å². The molecule has 0 saturated carbocycles. The highest BCUT2D eigenvalue weighted by molar-refractivity contribution is 6.30. The molecule has 1 saturated heterocycles. The average Bonchev–Trinajstić information content (AvgIpc) is 3.22. The molecule has 0 amide bonds. The van der Waals surface area contributed by atoms with E-state index in [4.69, 9.17) is 16.3 Å². The third kappa shape index (κ3) is 5.26.